The normalized spacial score (nSPS) is 20.6. The Hall–Kier alpha value is -0.530. The molecule has 1 aromatic rings. The Morgan fingerprint density at radius 3 is 2.74 bits per heavy atom. The van der Waals surface area contributed by atoms with Crippen molar-refractivity contribution in [2.24, 2.45) is 0 Å². The van der Waals surface area contributed by atoms with Gasteiger partial charge in [0.05, 0.1) is 0 Å². The van der Waals surface area contributed by atoms with Crippen LogP contribution >= 0.6 is 11.6 Å². The fourth-order valence-electron chi connectivity index (χ4n) is 3.10. The van der Waals surface area contributed by atoms with Crippen molar-refractivity contribution in [3.63, 3.8) is 0 Å². The second-order valence-corrected chi connectivity index (χ2v) is 5.98. The van der Waals surface area contributed by atoms with Crippen LogP contribution in [0.15, 0.2) is 30.3 Å². The highest BCUT2D eigenvalue weighted by atomic mass is 35.5. The zero-order valence-electron chi connectivity index (χ0n) is 11.9. The highest BCUT2D eigenvalue weighted by Gasteiger charge is 2.20. The number of likely N-dealkylation sites (tertiary alicyclic amines) is 1. The maximum absolute atomic E-state index is 5.91. The van der Waals surface area contributed by atoms with Crippen LogP contribution in [0.1, 0.15) is 44.1 Å². The topological polar surface area (TPSA) is 3.24 Å². The van der Waals surface area contributed by atoms with Gasteiger partial charge in [-0.1, -0.05) is 36.8 Å². The van der Waals surface area contributed by atoms with E-state index in [9.17, 15) is 0 Å². The smallest absolute Gasteiger partial charge is 0.0238 e. The molecule has 0 aliphatic carbocycles. The van der Waals surface area contributed by atoms with Gasteiger partial charge in [0.15, 0.2) is 0 Å². The Morgan fingerprint density at radius 2 is 1.95 bits per heavy atom. The number of piperidine rings is 1. The van der Waals surface area contributed by atoms with E-state index in [1.165, 1.54) is 63.6 Å². The molecule has 1 atom stereocenters. The monoisotopic (exact) mass is 279 g/mol. The summed E-state index contributed by atoms with van der Waals surface area (Å²) in [5, 5.41) is 0. The van der Waals surface area contributed by atoms with Crippen LogP contribution in [-0.2, 0) is 6.42 Å². The van der Waals surface area contributed by atoms with E-state index in [-0.39, 0.29) is 0 Å². The molecule has 0 N–H and O–H groups in total. The standard InChI is InChI=1S/C17H26ClN/c18-13-12-17-11-5-7-15-19(17)14-6-4-10-16-8-2-1-3-9-16/h1-3,8-9,17H,4-7,10-15H2. The molecule has 19 heavy (non-hydrogen) atoms. The lowest BCUT2D eigenvalue weighted by Gasteiger charge is -2.35. The molecule has 0 radical (unpaired) electrons. The minimum absolute atomic E-state index is 0.753. The van der Waals surface area contributed by atoms with Gasteiger partial charge in [0, 0.05) is 11.9 Å². The lowest BCUT2D eigenvalue weighted by molar-refractivity contribution is 0.142. The van der Waals surface area contributed by atoms with Crippen molar-refractivity contribution in [3.05, 3.63) is 35.9 Å². The van der Waals surface area contributed by atoms with Gasteiger partial charge in [-0.15, -0.1) is 11.6 Å². The molecule has 0 bridgehead atoms. The second kappa shape index (κ2) is 8.60. The molecule has 1 aromatic carbocycles. The minimum atomic E-state index is 0.753. The summed E-state index contributed by atoms with van der Waals surface area (Å²) in [5.74, 6) is 0.811. The number of hydrogen-bond acceptors (Lipinski definition) is 1. The first kappa shape index (κ1) is 14.9. The third kappa shape index (κ3) is 5.16. The van der Waals surface area contributed by atoms with E-state index in [2.05, 4.69) is 35.2 Å². The Kier molecular flexibility index (Phi) is 6.73. The zero-order chi connectivity index (χ0) is 13.3. The van der Waals surface area contributed by atoms with Crippen LogP contribution in [0.5, 0.6) is 0 Å². The summed E-state index contributed by atoms with van der Waals surface area (Å²) in [6, 6.07) is 11.6. The van der Waals surface area contributed by atoms with Gasteiger partial charge in [-0.3, -0.25) is 0 Å². The van der Waals surface area contributed by atoms with Crippen LogP contribution in [0.4, 0.5) is 0 Å². The molecule has 2 rings (SSSR count). The summed E-state index contributed by atoms with van der Waals surface area (Å²) in [6.45, 7) is 2.54. The lowest BCUT2D eigenvalue weighted by Crippen LogP contribution is -2.40. The maximum atomic E-state index is 5.91. The van der Waals surface area contributed by atoms with Crippen LogP contribution < -0.4 is 0 Å². The third-order valence-electron chi connectivity index (χ3n) is 4.20. The average molecular weight is 280 g/mol. The van der Waals surface area contributed by atoms with E-state index < -0.39 is 0 Å². The molecular weight excluding hydrogens is 254 g/mol. The van der Waals surface area contributed by atoms with Crippen molar-refractivity contribution in [1.82, 2.24) is 4.90 Å². The van der Waals surface area contributed by atoms with Crippen LogP contribution in [0.25, 0.3) is 0 Å². The summed E-state index contributed by atoms with van der Waals surface area (Å²) in [7, 11) is 0. The highest BCUT2D eigenvalue weighted by molar-refractivity contribution is 6.17. The Balaban J connectivity index is 1.66. The van der Waals surface area contributed by atoms with Gasteiger partial charge in [-0.05, 0) is 57.2 Å². The number of hydrogen-bond donors (Lipinski definition) is 0. The van der Waals surface area contributed by atoms with E-state index in [1.54, 1.807) is 0 Å². The van der Waals surface area contributed by atoms with Crippen molar-refractivity contribution in [2.45, 2.75) is 51.0 Å². The summed E-state index contributed by atoms with van der Waals surface area (Å²) >= 11 is 5.91. The van der Waals surface area contributed by atoms with Crippen molar-refractivity contribution < 1.29 is 0 Å². The molecule has 1 unspecified atom stereocenters. The number of rotatable bonds is 7. The first-order valence-electron chi connectivity index (χ1n) is 7.74. The van der Waals surface area contributed by atoms with Crippen molar-refractivity contribution in [2.75, 3.05) is 19.0 Å². The fraction of sp³-hybridized carbons (Fsp3) is 0.647. The number of alkyl halides is 1. The molecule has 106 valence electrons. The van der Waals surface area contributed by atoms with E-state index in [0.717, 1.165) is 11.9 Å². The van der Waals surface area contributed by atoms with Gasteiger partial charge in [-0.2, -0.15) is 0 Å². The quantitative estimate of drug-likeness (QED) is 0.525. The first-order chi connectivity index (χ1) is 9.40. The molecule has 2 heteroatoms. The van der Waals surface area contributed by atoms with Crippen LogP contribution in [-0.4, -0.2) is 29.9 Å². The molecule has 1 heterocycles. The van der Waals surface area contributed by atoms with Crippen LogP contribution in [0, 0.1) is 0 Å². The predicted molar refractivity (Wildman–Crippen MR) is 83.9 cm³/mol. The molecule has 0 saturated carbocycles. The zero-order valence-corrected chi connectivity index (χ0v) is 12.6. The van der Waals surface area contributed by atoms with Crippen LogP contribution in [0.2, 0.25) is 0 Å². The molecule has 1 aliphatic heterocycles. The highest BCUT2D eigenvalue weighted by Crippen LogP contribution is 2.20. The fourth-order valence-corrected chi connectivity index (χ4v) is 3.35. The van der Waals surface area contributed by atoms with Gasteiger partial charge in [0.25, 0.3) is 0 Å². The van der Waals surface area contributed by atoms with E-state index in [0.29, 0.717) is 0 Å². The maximum Gasteiger partial charge on any atom is 0.0238 e. The summed E-state index contributed by atoms with van der Waals surface area (Å²) in [6.07, 6.45) is 9.11. The molecule has 1 saturated heterocycles. The SMILES string of the molecule is ClCCC1CCCCN1CCCCc1ccccc1. The number of halogens is 1. The number of benzene rings is 1. The molecule has 1 aliphatic rings. The minimum Gasteiger partial charge on any atom is -0.300 e. The van der Waals surface area contributed by atoms with Crippen molar-refractivity contribution >= 4 is 11.6 Å². The van der Waals surface area contributed by atoms with Crippen molar-refractivity contribution in [3.8, 4) is 0 Å². The number of aryl methyl sites for hydroxylation is 1. The largest absolute Gasteiger partial charge is 0.300 e. The summed E-state index contributed by atoms with van der Waals surface area (Å²) in [5.41, 5.74) is 1.47. The van der Waals surface area contributed by atoms with Crippen molar-refractivity contribution in [1.29, 1.82) is 0 Å². The second-order valence-electron chi connectivity index (χ2n) is 5.61. The van der Waals surface area contributed by atoms with Gasteiger partial charge in [-0.25, -0.2) is 0 Å². The van der Waals surface area contributed by atoms with Gasteiger partial charge < -0.3 is 4.90 Å². The summed E-state index contributed by atoms with van der Waals surface area (Å²) < 4.78 is 0. The lowest BCUT2D eigenvalue weighted by atomic mass is 9.99. The predicted octanol–water partition coefficient (Wildman–Crippen LogP) is 4.49. The van der Waals surface area contributed by atoms with Gasteiger partial charge in [0.1, 0.15) is 0 Å². The third-order valence-corrected chi connectivity index (χ3v) is 4.41. The Labute approximate surface area is 123 Å². The van der Waals surface area contributed by atoms with Crippen LogP contribution in [0.3, 0.4) is 0 Å². The average Bonchev–Trinajstić information content (AvgIpc) is 2.47. The Bertz CT molecular complexity index is 336. The Morgan fingerprint density at radius 1 is 1.11 bits per heavy atom. The molecule has 0 aromatic heterocycles. The van der Waals surface area contributed by atoms with E-state index in [1.807, 2.05) is 0 Å². The molecule has 1 nitrogen and oxygen atoms in total. The van der Waals surface area contributed by atoms with Gasteiger partial charge in [0.2, 0.25) is 0 Å². The van der Waals surface area contributed by atoms with Gasteiger partial charge >= 0.3 is 0 Å². The molecule has 1 fully saturated rings. The molecular formula is C17H26ClN. The molecule has 0 spiro atoms. The number of unbranched alkanes of at least 4 members (excludes halogenated alkanes) is 1. The first-order valence-corrected chi connectivity index (χ1v) is 8.27. The molecule has 0 amide bonds. The van der Waals surface area contributed by atoms with E-state index >= 15 is 0 Å². The van der Waals surface area contributed by atoms with E-state index in [4.69, 9.17) is 11.6 Å². The number of nitrogens with zero attached hydrogens (tertiary/aromatic N) is 1. The summed E-state index contributed by atoms with van der Waals surface area (Å²) in [4.78, 5) is 2.68.